The minimum Gasteiger partial charge on any atom is -0.478 e. The van der Waals surface area contributed by atoms with Crippen molar-refractivity contribution in [3.8, 4) is 0 Å². The van der Waals surface area contributed by atoms with Crippen molar-refractivity contribution in [3.63, 3.8) is 0 Å². The topological polar surface area (TPSA) is 195 Å². The van der Waals surface area contributed by atoms with E-state index in [2.05, 4.69) is 9.71 Å². The minimum absolute atomic E-state index is 0.00563. The van der Waals surface area contributed by atoms with E-state index in [0.29, 0.717) is 0 Å². The Bertz CT molecular complexity index is 1210. The predicted molar refractivity (Wildman–Crippen MR) is 150 cm³/mol. The number of aryl methyl sites for hydroxylation is 1. The van der Waals surface area contributed by atoms with E-state index in [-0.39, 0.29) is 35.8 Å². The molecule has 0 bridgehead atoms. The van der Waals surface area contributed by atoms with Crippen LogP contribution in [0.5, 0.6) is 0 Å². The van der Waals surface area contributed by atoms with Crippen LogP contribution in [0.15, 0.2) is 45.4 Å². The molecule has 0 saturated heterocycles. The van der Waals surface area contributed by atoms with E-state index >= 15 is 0 Å². The Hall–Kier alpha value is -3.04. The Kier molecular flexibility index (Phi) is 12.3. The Balaban J connectivity index is 2.44. The molecule has 0 unspecified atom stereocenters. The number of carbonyl (C=O) groups is 2. The normalized spacial score (nSPS) is 21.2. The van der Waals surface area contributed by atoms with Crippen molar-refractivity contribution < 1.29 is 47.9 Å². The first kappa shape index (κ1) is 34.2. The van der Waals surface area contributed by atoms with Crippen LogP contribution < -0.4 is 5.32 Å². The first-order chi connectivity index (χ1) is 19.1. The molecular weight excluding hydrogens is 558 g/mol. The van der Waals surface area contributed by atoms with Crippen LogP contribution in [-0.4, -0.2) is 107 Å². The molecule has 0 aliphatic carbocycles. The van der Waals surface area contributed by atoms with E-state index in [1.165, 1.54) is 19.1 Å². The van der Waals surface area contributed by atoms with Gasteiger partial charge in [-0.2, -0.15) is 8.42 Å². The third-order valence-electron chi connectivity index (χ3n) is 6.38. The van der Waals surface area contributed by atoms with Crippen LogP contribution in [0.4, 0.5) is 0 Å². The third-order valence-corrected chi connectivity index (χ3v) is 7.70. The van der Waals surface area contributed by atoms with Gasteiger partial charge >= 0.3 is 5.97 Å². The van der Waals surface area contributed by atoms with Crippen molar-refractivity contribution in [2.75, 3.05) is 13.2 Å². The number of carboxylic acids is 1. The van der Waals surface area contributed by atoms with E-state index in [1.807, 2.05) is 39.5 Å². The second-order valence-corrected chi connectivity index (χ2v) is 12.0. The highest BCUT2D eigenvalue weighted by Crippen LogP contribution is 2.25. The fraction of sp³-hybridized carbons (Fsp3) is 0.593. The third kappa shape index (κ3) is 9.23. The van der Waals surface area contributed by atoms with E-state index in [1.54, 1.807) is 12.1 Å². The number of sulfonamides is 1. The Morgan fingerprint density at radius 3 is 2.20 bits per heavy atom. The second-order valence-electron chi connectivity index (χ2n) is 10.4. The fourth-order valence-corrected chi connectivity index (χ4v) is 5.63. The van der Waals surface area contributed by atoms with Gasteiger partial charge in [-0.25, -0.2) is 4.79 Å². The molecule has 1 aliphatic rings. The first-order valence-corrected chi connectivity index (χ1v) is 14.7. The Morgan fingerprint density at radius 2 is 1.71 bits per heavy atom. The summed E-state index contributed by atoms with van der Waals surface area (Å²) in [5.74, 6) is -2.40. The summed E-state index contributed by atoms with van der Waals surface area (Å²) in [5, 5.41) is 41.9. The number of amidine groups is 1. The number of hydrogen-bond acceptors (Lipinski definition) is 9. The van der Waals surface area contributed by atoms with Gasteiger partial charge in [0.2, 0.25) is 11.7 Å². The number of carbonyl (C=O) groups excluding carboxylic acids is 1. The average molecular weight is 600 g/mol. The maximum atomic E-state index is 13.2. The molecule has 0 fully saturated rings. The predicted octanol–water partition coefficient (Wildman–Crippen LogP) is 0.562. The number of carboxylic acid groups (broad SMARTS) is 1. The fourth-order valence-electron chi connectivity index (χ4n) is 4.58. The van der Waals surface area contributed by atoms with Crippen molar-refractivity contribution in [1.82, 2.24) is 10.2 Å². The lowest BCUT2D eigenvalue weighted by atomic mass is 9.93. The van der Waals surface area contributed by atoms with Crippen LogP contribution in [0.3, 0.4) is 0 Å². The molecule has 14 heteroatoms. The van der Waals surface area contributed by atoms with E-state index in [4.69, 9.17) is 9.47 Å². The molecule has 1 aliphatic heterocycles. The second kappa shape index (κ2) is 14.7. The highest BCUT2D eigenvalue weighted by atomic mass is 32.2. The van der Waals surface area contributed by atoms with Gasteiger partial charge in [0.15, 0.2) is 6.10 Å². The lowest BCUT2D eigenvalue weighted by molar-refractivity contribution is -0.151. The summed E-state index contributed by atoms with van der Waals surface area (Å²) in [6.07, 6.45) is -5.01. The molecule has 0 radical (unpaired) electrons. The Labute approximate surface area is 240 Å². The molecule has 41 heavy (non-hydrogen) atoms. The largest absolute Gasteiger partial charge is 0.478 e. The summed E-state index contributed by atoms with van der Waals surface area (Å²) >= 11 is 0. The van der Waals surface area contributed by atoms with Crippen molar-refractivity contribution in [3.05, 3.63) is 41.7 Å². The molecule has 1 aromatic carbocycles. The van der Waals surface area contributed by atoms with Gasteiger partial charge < -0.3 is 40.1 Å². The number of aliphatic hydroxyl groups is 3. The highest BCUT2D eigenvalue weighted by Gasteiger charge is 2.44. The zero-order valence-electron chi connectivity index (χ0n) is 24.1. The molecular formula is C27H41N3O10S. The monoisotopic (exact) mass is 599 g/mol. The number of aliphatic carboxylic acids is 1. The summed E-state index contributed by atoms with van der Waals surface area (Å²) < 4.78 is 41.9. The number of rotatable bonds is 13. The summed E-state index contributed by atoms with van der Waals surface area (Å²) in [7, 11) is -4.08. The average Bonchev–Trinajstić information content (AvgIpc) is 2.87. The summed E-state index contributed by atoms with van der Waals surface area (Å²) in [5.41, 5.74) is 0.890. The van der Waals surface area contributed by atoms with Crippen molar-refractivity contribution >= 4 is 27.7 Å². The van der Waals surface area contributed by atoms with Gasteiger partial charge in [0.1, 0.15) is 24.1 Å². The van der Waals surface area contributed by atoms with E-state index in [0.717, 1.165) is 11.6 Å². The smallest absolute Gasteiger partial charge is 0.370 e. The Morgan fingerprint density at radius 1 is 1.12 bits per heavy atom. The first-order valence-electron chi connectivity index (χ1n) is 13.2. The zero-order chi connectivity index (χ0) is 31.1. The lowest BCUT2D eigenvalue weighted by Gasteiger charge is -2.40. The molecule has 0 saturated carbocycles. The van der Waals surface area contributed by atoms with Crippen LogP contribution in [0.2, 0.25) is 0 Å². The molecule has 1 amide bonds. The number of hydrogen-bond donors (Lipinski definition) is 5. The molecule has 0 spiro atoms. The number of ether oxygens (including phenoxy) is 2. The van der Waals surface area contributed by atoms with Crippen molar-refractivity contribution in [2.24, 2.45) is 4.40 Å². The molecule has 1 heterocycles. The molecule has 0 aromatic heterocycles. The lowest BCUT2D eigenvalue weighted by Crippen LogP contribution is -2.60. The van der Waals surface area contributed by atoms with Crippen molar-refractivity contribution in [2.45, 2.75) is 95.4 Å². The van der Waals surface area contributed by atoms with Crippen LogP contribution >= 0.6 is 0 Å². The maximum Gasteiger partial charge on any atom is 0.370 e. The quantitative estimate of drug-likeness (QED) is 0.157. The number of benzene rings is 1. The van der Waals surface area contributed by atoms with Gasteiger partial charge in [0.25, 0.3) is 10.0 Å². The van der Waals surface area contributed by atoms with E-state index in [9.17, 15) is 38.4 Å². The molecule has 5 N–H and O–H groups in total. The van der Waals surface area contributed by atoms with Gasteiger partial charge in [-0.1, -0.05) is 17.7 Å². The maximum absolute atomic E-state index is 13.2. The van der Waals surface area contributed by atoms with Gasteiger partial charge in [-0.05, 0) is 52.8 Å². The number of nitrogens with one attached hydrogen (secondary N) is 1. The minimum atomic E-state index is -4.08. The number of amides is 1. The van der Waals surface area contributed by atoms with Crippen LogP contribution in [0, 0.1) is 6.92 Å². The van der Waals surface area contributed by atoms with E-state index < -0.39 is 64.7 Å². The summed E-state index contributed by atoms with van der Waals surface area (Å²) in [6.45, 7) is 9.59. The zero-order valence-corrected chi connectivity index (χ0v) is 24.9. The van der Waals surface area contributed by atoms with Crippen LogP contribution in [0.1, 0.15) is 46.6 Å². The molecule has 1 aromatic rings. The van der Waals surface area contributed by atoms with Gasteiger partial charge in [-0.3, -0.25) is 4.79 Å². The molecule has 13 nitrogen and oxygen atoms in total. The van der Waals surface area contributed by atoms with Crippen LogP contribution in [0.25, 0.3) is 0 Å². The van der Waals surface area contributed by atoms with Crippen molar-refractivity contribution in [1.29, 1.82) is 0 Å². The van der Waals surface area contributed by atoms with Gasteiger partial charge in [-0.15, -0.1) is 4.40 Å². The summed E-state index contributed by atoms with van der Waals surface area (Å²) in [4.78, 5) is 25.6. The van der Waals surface area contributed by atoms with Gasteiger partial charge in [0, 0.05) is 25.4 Å². The number of nitrogens with zero attached hydrogens (tertiary/aromatic N) is 2. The van der Waals surface area contributed by atoms with Crippen LogP contribution in [-0.2, 0) is 29.1 Å². The molecule has 230 valence electrons. The molecule has 2 rings (SSSR count). The molecule has 5 atom stereocenters. The SMILES string of the molecule is CC(=O)N[C@H]1[C@H]([C@H](O)[C@H](O)CO)OC(C(=O)O)=C[C@@H]1OCCC(=NS(=O)(=O)c1ccc(C)cc1)N(C(C)C)C(C)C. The summed E-state index contributed by atoms with van der Waals surface area (Å²) in [6, 6.07) is 4.88. The van der Waals surface area contributed by atoms with Gasteiger partial charge in [0.05, 0.1) is 24.2 Å². The standard InChI is InChI=1S/C27H41N3O10S/c1-15(2)30(16(3)4)23(29-41(37,38)19-9-7-17(5)8-10-19)11-12-39-21-13-22(27(35)36)40-26(24(21)28-18(6)32)25(34)20(33)14-31/h7-10,13,15-16,20-21,24-26,31,33-34H,11-12,14H2,1-6H3,(H,28,32)(H,35,36)/t20-,21+,24-,25-,26-/m1/s1. The number of aliphatic hydroxyl groups excluding tert-OH is 3. The highest BCUT2D eigenvalue weighted by molar-refractivity contribution is 7.90.